The molecule has 3 fully saturated rings. The SMILES string of the molecule is Cc1noc(C)c1CN1CCO[C@H]2CN(CC3CC3)C[C@H]21.O=C(O)C(F)(F)F.O=C(O)C(F)(F)F. The zero-order valence-corrected chi connectivity index (χ0v) is 19.0. The molecular formula is C20H27F6N3O6. The molecule has 4 rings (SSSR count). The van der Waals surface area contributed by atoms with Crippen molar-refractivity contribution in [3.05, 3.63) is 17.0 Å². The zero-order valence-electron chi connectivity index (χ0n) is 19.0. The molecule has 1 aromatic heterocycles. The van der Waals surface area contributed by atoms with Gasteiger partial charge in [0.1, 0.15) is 5.76 Å². The molecule has 0 spiro atoms. The highest BCUT2D eigenvalue weighted by Crippen LogP contribution is 2.33. The molecule has 0 bridgehead atoms. The molecular weight excluding hydrogens is 492 g/mol. The lowest BCUT2D eigenvalue weighted by Crippen LogP contribution is -2.50. The van der Waals surface area contributed by atoms with Crippen molar-refractivity contribution in [1.82, 2.24) is 15.0 Å². The number of hydrogen-bond acceptors (Lipinski definition) is 7. The average Bonchev–Trinajstić information content (AvgIpc) is 3.36. The molecule has 1 aliphatic carbocycles. The summed E-state index contributed by atoms with van der Waals surface area (Å²) in [7, 11) is 0. The van der Waals surface area contributed by atoms with Gasteiger partial charge in [-0.1, -0.05) is 5.16 Å². The van der Waals surface area contributed by atoms with E-state index in [4.69, 9.17) is 29.1 Å². The molecule has 1 saturated carbocycles. The van der Waals surface area contributed by atoms with E-state index in [2.05, 4.69) is 15.0 Å². The van der Waals surface area contributed by atoms with Gasteiger partial charge in [-0.3, -0.25) is 9.80 Å². The summed E-state index contributed by atoms with van der Waals surface area (Å²) in [6.07, 6.45) is -6.93. The lowest BCUT2D eigenvalue weighted by molar-refractivity contribution is -0.193. The van der Waals surface area contributed by atoms with Gasteiger partial charge in [0.25, 0.3) is 0 Å². The summed E-state index contributed by atoms with van der Waals surface area (Å²) in [5, 5.41) is 18.3. The number of nitrogens with zero attached hydrogens (tertiary/aromatic N) is 3. The van der Waals surface area contributed by atoms with E-state index in [1.807, 2.05) is 13.8 Å². The van der Waals surface area contributed by atoms with Crippen molar-refractivity contribution in [2.24, 2.45) is 5.92 Å². The van der Waals surface area contributed by atoms with Crippen LogP contribution >= 0.6 is 0 Å². The fourth-order valence-electron chi connectivity index (χ4n) is 3.78. The largest absolute Gasteiger partial charge is 0.490 e. The number of rotatable bonds is 4. The monoisotopic (exact) mass is 519 g/mol. The molecule has 1 aromatic rings. The molecule has 15 heteroatoms. The highest BCUT2D eigenvalue weighted by molar-refractivity contribution is 5.73. The van der Waals surface area contributed by atoms with Crippen molar-refractivity contribution in [3.63, 3.8) is 0 Å². The van der Waals surface area contributed by atoms with Crippen molar-refractivity contribution in [2.75, 3.05) is 32.8 Å². The second kappa shape index (κ2) is 11.6. The van der Waals surface area contributed by atoms with Crippen LogP contribution in [0.15, 0.2) is 4.52 Å². The molecule has 9 nitrogen and oxygen atoms in total. The van der Waals surface area contributed by atoms with Crippen LogP contribution in [0.4, 0.5) is 26.3 Å². The van der Waals surface area contributed by atoms with Gasteiger partial charge < -0.3 is 19.5 Å². The number of aliphatic carboxylic acids is 2. The molecule has 0 amide bonds. The number of fused-ring (bicyclic) bond motifs is 1. The van der Waals surface area contributed by atoms with E-state index >= 15 is 0 Å². The van der Waals surface area contributed by atoms with E-state index < -0.39 is 24.3 Å². The van der Waals surface area contributed by atoms with E-state index in [0.29, 0.717) is 12.1 Å². The first-order valence-electron chi connectivity index (χ1n) is 10.7. The lowest BCUT2D eigenvalue weighted by atomic mass is 10.1. The predicted molar refractivity (Wildman–Crippen MR) is 106 cm³/mol. The summed E-state index contributed by atoms with van der Waals surface area (Å²) in [6.45, 7) is 10.4. The molecule has 2 atom stereocenters. The van der Waals surface area contributed by atoms with E-state index in [9.17, 15) is 26.3 Å². The fraction of sp³-hybridized carbons (Fsp3) is 0.750. The van der Waals surface area contributed by atoms with Crippen LogP contribution < -0.4 is 0 Å². The maximum absolute atomic E-state index is 10.6. The number of carboxylic acid groups (broad SMARTS) is 2. The molecule has 0 radical (unpaired) electrons. The molecule has 2 saturated heterocycles. The summed E-state index contributed by atoms with van der Waals surface area (Å²) in [6, 6.07) is 0.534. The Morgan fingerprint density at radius 2 is 1.57 bits per heavy atom. The molecule has 200 valence electrons. The summed E-state index contributed by atoms with van der Waals surface area (Å²) in [5.41, 5.74) is 2.29. The van der Waals surface area contributed by atoms with Gasteiger partial charge in [-0.15, -0.1) is 0 Å². The number of carbonyl (C=O) groups is 2. The Labute approximate surface area is 196 Å². The third-order valence-corrected chi connectivity index (χ3v) is 5.73. The van der Waals surface area contributed by atoms with E-state index in [1.54, 1.807) is 0 Å². The number of hydrogen-bond donors (Lipinski definition) is 2. The van der Waals surface area contributed by atoms with Gasteiger partial charge in [-0.2, -0.15) is 26.3 Å². The average molecular weight is 519 g/mol. The van der Waals surface area contributed by atoms with Crippen LogP contribution in [0, 0.1) is 19.8 Å². The Morgan fingerprint density at radius 1 is 1.03 bits per heavy atom. The van der Waals surface area contributed by atoms with Crippen molar-refractivity contribution in [2.45, 2.75) is 57.7 Å². The van der Waals surface area contributed by atoms with Gasteiger partial charge in [0.05, 0.1) is 24.4 Å². The molecule has 2 aliphatic heterocycles. The highest BCUT2D eigenvalue weighted by atomic mass is 19.4. The van der Waals surface area contributed by atoms with Crippen LogP contribution in [-0.4, -0.2) is 94.4 Å². The Balaban J connectivity index is 0.000000257. The number of morpholine rings is 1. The van der Waals surface area contributed by atoms with Gasteiger partial charge in [0.2, 0.25) is 0 Å². The fourth-order valence-corrected chi connectivity index (χ4v) is 3.78. The summed E-state index contributed by atoms with van der Waals surface area (Å²) in [5.74, 6) is -3.59. The van der Waals surface area contributed by atoms with Crippen molar-refractivity contribution in [1.29, 1.82) is 0 Å². The van der Waals surface area contributed by atoms with Gasteiger partial charge in [-0.25, -0.2) is 9.59 Å². The molecule has 3 heterocycles. The minimum absolute atomic E-state index is 0.387. The summed E-state index contributed by atoms with van der Waals surface area (Å²) < 4.78 is 74.8. The minimum atomic E-state index is -5.08. The first-order valence-corrected chi connectivity index (χ1v) is 10.7. The van der Waals surface area contributed by atoms with Gasteiger partial charge >= 0.3 is 24.3 Å². The van der Waals surface area contributed by atoms with Crippen molar-refractivity contribution in [3.8, 4) is 0 Å². The second-order valence-electron chi connectivity index (χ2n) is 8.52. The van der Waals surface area contributed by atoms with Crippen LogP contribution in [0.1, 0.15) is 29.9 Å². The number of alkyl halides is 6. The number of carboxylic acids is 2. The van der Waals surface area contributed by atoms with E-state index in [0.717, 1.165) is 50.2 Å². The van der Waals surface area contributed by atoms with Crippen LogP contribution in [-0.2, 0) is 20.9 Å². The van der Waals surface area contributed by atoms with Crippen LogP contribution in [0.2, 0.25) is 0 Å². The van der Waals surface area contributed by atoms with Gasteiger partial charge in [0, 0.05) is 38.3 Å². The standard InChI is InChI=1S/C16H25N3O2.2C2HF3O2/c1-11-14(12(2)21-17-11)8-19-5-6-20-16-10-18(9-15(16)19)7-13-3-4-13;2*3-2(4,5)1(6)7/h13,15-16H,3-10H2,1-2H3;2*(H,6,7)/t15-,16+;;/m1../s1. The molecule has 35 heavy (non-hydrogen) atoms. The minimum Gasteiger partial charge on any atom is -0.475 e. The first kappa shape index (κ1) is 28.8. The predicted octanol–water partition coefficient (Wildman–Crippen LogP) is 2.85. The van der Waals surface area contributed by atoms with Crippen LogP contribution in [0.5, 0.6) is 0 Å². The highest BCUT2D eigenvalue weighted by Gasteiger charge is 2.42. The van der Waals surface area contributed by atoms with Crippen molar-refractivity contribution >= 4 is 11.9 Å². The van der Waals surface area contributed by atoms with E-state index in [1.165, 1.54) is 24.9 Å². The number of ether oxygens (including phenoxy) is 1. The topological polar surface area (TPSA) is 116 Å². The maximum atomic E-state index is 10.6. The van der Waals surface area contributed by atoms with Gasteiger partial charge in [-0.05, 0) is 32.6 Å². The van der Waals surface area contributed by atoms with E-state index in [-0.39, 0.29) is 0 Å². The van der Waals surface area contributed by atoms with Gasteiger partial charge in [0.15, 0.2) is 0 Å². The third kappa shape index (κ3) is 8.96. The van der Waals surface area contributed by atoms with Crippen LogP contribution in [0.3, 0.4) is 0 Å². The molecule has 0 unspecified atom stereocenters. The molecule has 2 N–H and O–H groups in total. The Hall–Kier alpha value is -2.39. The summed E-state index contributed by atoms with van der Waals surface area (Å²) >= 11 is 0. The zero-order chi connectivity index (χ0) is 26.6. The Bertz CT molecular complexity index is 827. The maximum Gasteiger partial charge on any atom is 0.490 e. The van der Waals surface area contributed by atoms with Crippen molar-refractivity contribution < 1.29 is 55.4 Å². The Kier molecular flexibility index (Phi) is 9.53. The molecule has 3 aliphatic rings. The smallest absolute Gasteiger partial charge is 0.475 e. The number of halogens is 6. The lowest BCUT2D eigenvalue weighted by Gasteiger charge is -2.36. The Morgan fingerprint density at radius 3 is 2.00 bits per heavy atom. The number of aromatic nitrogens is 1. The quantitative estimate of drug-likeness (QED) is 0.580. The number of aryl methyl sites for hydroxylation is 2. The summed E-state index contributed by atoms with van der Waals surface area (Å²) in [4.78, 5) is 23.0. The normalized spacial score (nSPS) is 23.0. The molecule has 0 aromatic carbocycles. The second-order valence-corrected chi connectivity index (χ2v) is 8.52. The third-order valence-electron chi connectivity index (χ3n) is 5.73. The first-order chi connectivity index (χ1) is 16.1. The van der Waals surface area contributed by atoms with Crippen LogP contribution in [0.25, 0.3) is 0 Å². The number of likely N-dealkylation sites (tertiary alicyclic amines) is 1.